The summed E-state index contributed by atoms with van der Waals surface area (Å²) < 4.78 is 0. The summed E-state index contributed by atoms with van der Waals surface area (Å²) in [4.78, 5) is 14.4. The first-order valence-corrected chi connectivity index (χ1v) is 3.46. The molecule has 3 nitrogen and oxygen atoms in total. The van der Waals surface area contributed by atoms with Crippen molar-refractivity contribution < 1.29 is 4.79 Å². The number of carbonyl (C=O) groups is 1. The molecule has 1 rings (SSSR count). The third-order valence-corrected chi connectivity index (χ3v) is 1.37. The molecule has 1 amide bonds. The van der Waals surface area contributed by atoms with Gasteiger partial charge in [0.25, 0.3) is 0 Å². The van der Waals surface area contributed by atoms with E-state index in [0.717, 1.165) is 0 Å². The van der Waals surface area contributed by atoms with Crippen LogP contribution in [0.4, 0.5) is 5.69 Å². The Labute approximate surface area is 69.4 Å². The van der Waals surface area contributed by atoms with E-state index >= 15 is 0 Å². The van der Waals surface area contributed by atoms with Crippen LogP contribution in [0.2, 0.25) is 5.15 Å². The Morgan fingerprint density at radius 1 is 1.73 bits per heavy atom. The van der Waals surface area contributed by atoms with Crippen LogP contribution >= 0.6 is 11.6 Å². The number of carbonyl (C=O) groups excluding carboxylic acids is 1. The molecule has 11 heavy (non-hydrogen) atoms. The standard InChI is InChI=1S/C7H7ClN2O/c1-5(11)10-6-3-2-4-9-7(6)8/h2-4H,1H3,(H,10,11). The van der Waals surface area contributed by atoms with Gasteiger partial charge >= 0.3 is 0 Å². The topological polar surface area (TPSA) is 42.0 Å². The molecule has 0 aliphatic rings. The van der Waals surface area contributed by atoms with E-state index in [0.29, 0.717) is 10.8 Å². The van der Waals surface area contributed by atoms with Crippen molar-refractivity contribution >= 4 is 23.2 Å². The number of amides is 1. The van der Waals surface area contributed by atoms with E-state index in [4.69, 9.17) is 11.6 Å². The zero-order valence-electron chi connectivity index (χ0n) is 5.97. The minimum atomic E-state index is -0.153. The molecule has 0 fully saturated rings. The molecule has 0 radical (unpaired) electrons. The molecule has 0 atom stereocenters. The summed E-state index contributed by atoms with van der Waals surface area (Å²) in [7, 11) is 0. The number of nitrogens with zero attached hydrogens (tertiary/aromatic N) is 1. The fraction of sp³-hybridized carbons (Fsp3) is 0.143. The van der Waals surface area contributed by atoms with E-state index in [-0.39, 0.29) is 5.91 Å². The number of nitrogens with one attached hydrogen (secondary N) is 1. The van der Waals surface area contributed by atoms with Gasteiger partial charge in [-0.15, -0.1) is 0 Å². The molecule has 0 bridgehead atoms. The summed E-state index contributed by atoms with van der Waals surface area (Å²) in [5.74, 6) is -0.153. The number of pyridine rings is 1. The highest BCUT2D eigenvalue weighted by atomic mass is 35.5. The van der Waals surface area contributed by atoms with Gasteiger partial charge in [0.2, 0.25) is 5.91 Å². The molecular formula is C7H7ClN2O. The van der Waals surface area contributed by atoms with Gasteiger partial charge in [0.1, 0.15) is 0 Å². The quantitative estimate of drug-likeness (QED) is 0.652. The van der Waals surface area contributed by atoms with Crippen molar-refractivity contribution in [1.82, 2.24) is 4.98 Å². The number of hydrogen-bond donors (Lipinski definition) is 1. The summed E-state index contributed by atoms with van der Waals surface area (Å²) in [6.07, 6.45) is 1.56. The molecule has 4 heteroatoms. The highest BCUT2D eigenvalue weighted by molar-refractivity contribution is 6.32. The molecule has 0 aromatic carbocycles. The molecule has 0 unspecified atom stereocenters. The van der Waals surface area contributed by atoms with Crippen molar-refractivity contribution in [1.29, 1.82) is 0 Å². The predicted molar refractivity (Wildman–Crippen MR) is 43.6 cm³/mol. The van der Waals surface area contributed by atoms with Gasteiger partial charge in [0.05, 0.1) is 5.69 Å². The van der Waals surface area contributed by atoms with E-state index in [1.807, 2.05) is 0 Å². The summed E-state index contributed by atoms with van der Waals surface area (Å²) in [6.45, 7) is 1.42. The third kappa shape index (κ3) is 2.20. The van der Waals surface area contributed by atoms with Crippen LogP contribution in [-0.2, 0) is 4.79 Å². The summed E-state index contributed by atoms with van der Waals surface area (Å²) in [6, 6.07) is 3.40. The first kappa shape index (κ1) is 8.01. The zero-order valence-corrected chi connectivity index (χ0v) is 6.72. The van der Waals surface area contributed by atoms with Crippen molar-refractivity contribution in [2.24, 2.45) is 0 Å². The SMILES string of the molecule is CC(=O)Nc1cccnc1Cl. The first-order valence-electron chi connectivity index (χ1n) is 3.08. The van der Waals surface area contributed by atoms with Crippen LogP contribution in [0.15, 0.2) is 18.3 Å². The van der Waals surface area contributed by atoms with Crippen LogP contribution < -0.4 is 5.32 Å². The highest BCUT2D eigenvalue weighted by Crippen LogP contribution is 2.16. The summed E-state index contributed by atoms with van der Waals surface area (Å²) >= 11 is 5.64. The van der Waals surface area contributed by atoms with Gasteiger partial charge in [0, 0.05) is 13.1 Å². The van der Waals surface area contributed by atoms with Crippen molar-refractivity contribution in [2.45, 2.75) is 6.92 Å². The lowest BCUT2D eigenvalue weighted by Gasteiger charge is -2.01. The second-order valence-corrected chi connectivity index (χ2v) is 2.38. The Morgan fingerprint density at radius 2 is 2.45 bits per heavy atom. The first-order chi connectivity index (χ1) is 5.20. The number of anilines is 1. The van der Waals surface area contributed by atoms with Gasteiger partial charge in [-0.3, -0.25) is 4.79 Å². The lowest BCUT2D eigenvalue weighted by atomic mass is 10.4. The van der Waals surface area contributed by atoms with Crippen molar-refractivity contribution in [3.8, 4) is 0 Å². The lowest BCUT2D eigenvalue weighted by molar-refractivity contribution is -0.114. The van der Waals surface area contributed by atoms with Crippen LogP contribution in [0.1, 0.15) is 6.92 Å². The Kier molecular flexibility index (Phi) is 2.44. The minimum Gasteiger partial charge on any atom is -0.324 e. The molecule has 1 N–H and O–H groups in total. The second-order valence-electron chi connectivity index (χ2n) is 2.02. The third-order valence-electron chi connectivity index (χ3n) is 1.07. The van der Waals surface area contributed by atoms with E-state index in [9.17, 15) is 4.79 Å². The highest BCUT2D eigenvalue weighted by Gasteiger charge is 1.99. The maximum atomic E-state index is 10.6. The van der Waals surface area contributed by atoms with Crippen LogP contribution in [0, 0.1) is 0 Å². The van der Waals surface area contributed by atoms with Gasteiger partial charge in [-0.25, -0.2) is 4.98 Å². The lowest BCUT2D eigenvalue weighted by Crippen LogP contribution is -2.06. The van der Waals surface area contributed by atoms with Crippen molar-refractivity contribution in [3.05, 3.63) is 23.5 Å². The smallest absolute Gasteiger partial charge is 0.221 e. The molecule has 0 saturated heterocycles. The van der Waals surface area contributed by atoms with Crippen LogP contribution in [0.3, 0.4) is 0 Å². The zero-order chi connectivity index (χ0) is 8.27. The van der Waals surface area contributed by atoms with E-state index < -0.39 is 0 Å². The van der Waals surface area contributed by atoms with Crippen LogP contribution in [0.5, 0.6) is 0 Å². The van der Waals surface area contributed by atoms with Gasteiger partial charge in [-0.05, 0) is 12.1 Å². The van der Waals surface area contributed by atoms with E-state index in [2.05, 4.69) is 10.3 Å². The molecule has 1 aromatic heterocycles. The predicted octanol–water partition coefficient (Wildman–Crippen LogP) is 1.69. The Bertz CT molecular complexity index is 275. The Balaban J connectivity index is 2.86. The van der Waals surface area contributed by atoms with Gasteiger partial charge < -0.3 is 5.32 Å². The van der Waals surface area contributed by atoms with Gasteiger partial charge in [-0.1, -0.05) is 11.6 Å². The Morgan fingerprint density at radius 3 is 3.00 bits per heavy atom. The summed E-state index contributed by atoms with van der Waals surface area (Å²) in [5, 5.41) is 2.85. The average Bonchev–Trinajstić information content (AvgIpc) is 1.93. The van der Waals surface area contributed by atoms with Crippen molar-refractivity contribution in [2.75, 3.05) is 5.32 Å². The van der Waals surface area contributed by atoms with E-state index in [1.54, 1.807) is 18.3 Å². The molecule has 0 aliphatic heterocycles. The maximum absolute atomic E-state index is 10.6. The monoisotopic (exact) mass is 170 g/mol. The second kappa shape index (κ2) is 3.34. The number of aromatic nitrogens is 1. The number of rotatable bonds is 1. The maximum Gasteiger partial charge on any atom is 0.221 e. The van der Waals surface area contributed by atoms with Crippen LogP contribution in [0.25, 0.3) is 0 Å². The molecular weight excluding hydrogens is 164 g/mol. The largest absolute Gasteiger partial charge is 0.324 e. The number of halogens is 1. The molecule has 0 spiro atoms. The average molecular weight is 171 g/mol. The molecule has 0 saturated carbocycles. The Hall–Kier alpha value is -1.09. The van der Waals surface area contributed by atoms with Crippen molar-refractivity contribution in [3.63, 3.8) is 0 Å². The fourth-order valence-corrected chi connectivity index (χ4v) is 0.836. The van der Waals surface area contributed by atoms with E-state index in [1.165, 1.54) is 6.92 Å². The molecule has 1 aromatic rings. The molecule has 58 valence electrons. The van der Waals surface area contributed by atoms with Gasteiger partial charge in [0.15, 0.2) is 5.15 Å². The minimum absolute atomic E-state index is 0.153. The molecule has 1 heterocycles. The molecule has 0 aliphatic carbocycles. The van der Waals surface area contributed by atoms with Gasteiger partial charge in [-0.2, -0.15) is 0 Å². The van der Waals surface area contributed by atoms with Crippen LogP contribution in [-0.4, -0.2) is 10.9 Å². The fourth-order valence-electron chi connectivity index (χ4n) is 0.669. The normalized spacial score (nSPS) is 9.27. The number of hydrogen-bond acceptors (Lipinski definition) is 2. The summed E-state index contributed by atoms with van der Waals surface area (Å²) in [5.41, 5.74) is 0.543.